The van der Waals surface area contributed by atoms with Gasteiger partial charge in [0.15, 0.2) is 0 Å². The van der Waals surface area contributed by atoms with E-state index in [0.29, 0.717) is 5.95 Å². The van der Waals surface area contributed by atoms with Crippen LogP contribution in [-0.2, 0) is 6.54 Å². The van der Waals surface area contributed by atoms with E-state index in [0.717, 1.165) is 66.1 Å². The Morgan fingerprint density at radius 2 is 1.47 bits per heavy atom. The Bertz CT molecular complexity index is 1330. The number of benzene rings is 2. The largest absolute Gasteiger partial charge is 0.342 e. The summed E-state index contributed by atoms with van der Waals surface area (Å²) in [7, 11) is 0. The number of para-hydroxylation sites is 1. The first-order chi connectivity index (χ1) is 17.7. The van der Waals surface area contributed by atoms with Crippen LogP contribution in [0, 0.1) is 0 Å². The molecule has 2 aliphatic heterocycles. The summed E-state index contributed by atoms with van der Waals surface area (Å²) in [5.74, 6) is 1.96. The molecule has 4 heterocycles. The van der Waals surface area contributed by atoms with Crippen LogP contribution in [-0.4, -0.2) is 51.9 Å². The normalized spacial score (nSPS) is 16.0. The predicted molar refractivity (Wildman–Crippen MR) is 146 cm³/mol. The first kappa shape index (κ1) is 22.8. The first-order valence-electron chi connectivity index (χ1n) is 12.6. The van der Waals surface area contributed by atoms with Crippen molar-refractivity contribution in [3.05, 3.63) is 70.9 Å². The molecule has 2 aliphatic rings. The van der Waals surface area contributed by atoms with E-state index < -0.39 is 0 Å². The van der Waals surface area contributed by atoms with Crippen molar-refractivity contribution in [1.82, 2.24) is 19.5 Å². The smallest absolute Gasteiger partial charge is 0.250 e. The Balaban J connectivity index is 1.26. The molecule has 0 radical (unpaired) electrons. The number of nitrogens with zero attached hydrogens (tertiary/aromatic N) is 7. The highest BCUT2D eigenvalue weighted by Crippen LogP contribution is 2.24. The van der Waals surface area contributed by atoms with E-state index in [4.69, 9.17) is 16.6 Å². The van der Waals surface area contributed by atoms with E-state index in [-0.39, 0.29) is 0 Å². The number of rotatable bonds is 7. The molecule has 0 unspecified atom stereocenters. The van der Waals surface area contributed by atoms with Gasteiger partial charge in [-0.05, 0) is 49.4 Å². The highest BCUT2D eigenvalue weighted by atomic mass is 35.5. The lowest BCUT2D eigenvalue weighted by atomic mass is 10.2. The Kier molecular flexibility index (Phi) is 6.42. The fourth-order valence-electron chi connectivity index (χ4n) is 4.98. The quantitative estimate of drug-likeness (QED) is 0.278. The molecule has 4 aromatic rings. The number of fused-ring (bicyclic) bond motifs is 1. The second kappa shape index (κ2) is 10.1. The number of hydrogen-bond donors (Lipinski definition) is 1. The number of hydrogen-bond acceptors (Lipinski definition) is 7. The maximum absolute atomic E-state index is 6.06. The van der Waals surface area contributed by atoms with Gasteiger partial charge >= 0.3 is 0 Å². The van der Waals surface area contributed by atoms with E-state index in [1.807, 2.05) is 18.3 Å². The summed E-state index contributed by atoms with van der Waals surface area (Å²) in [5, 5.41) is 6.42. The van der Waals surface area contributed by atoms with Crippen molar-refractivity contribution in [3.8, 4) is 0 Å². The minimum Gasteiger partial charge on any atom is -0.342 e. The molecule has 2 aromatic carbocycles. The lowest BCUT2D eigenvalue weighted by Gasteiger charge is -2.20. The Hall–Kier alpha value is -3.65. The molecule has 2 aromatic heterocycles. The molecule has 0 atom stereocenters. The molecule has 0 aliphatic carbocycles. The van der Waals surface area contributed by atoms with Gasteiger partial charge in [0.25, 0.3) is 0 Å². The zero-order chi connectivity index (χ0) is 24.3. The Labute approximate surface area is 215 Å². The van der Waals surface area contributed by atoms with E-state index >= 15 is 0 Å². The van der Waals surface area contributed by atoms with Gasteiger partial charge in [0.2, 0.25) is 17.8 Å². The van der Waals surface area contributed by atoms with Gasteiger partial charge in [-0.2, -0.15) is 20.1 Å². The van der Waals surface area contributed by atoms with Gasteiger partial charge < -0.3 is 14.4 Å². The van der Waals surface area contributed by atoms with E-state index in [1.165, 1.54) is 31.2 Å². The molecular formula is C27H29ClN8. The highest BCUT2D eigenvalue weighted by Gasteiger charge is 2.21. The first-order valence-corrected chi connectivity index (χ1v) is 13.0. The molecule has 9 heteroatoms. The monoisotopic (exact) mass is 500 g/mol. The van der Waals surface area contributed by atoms with Crippen molar-refractivity contribution in [2.45, 2.75) is 32.2 Å². The zero-order valence-corrected chi connectivity index (χ0v) is 20.9. The molecule has 8 nitrogen and oxygen atoms in total. The Morgan fingerprint density at radius 3 is 2.14 bits per heavy atom. The van der Waals surface area contributed by atoms with Crippen molar-refractivity contribution in [2.75, 3.05) is 41.4 Å². The number of halogens is 1. The minimum atomic E-state index is 0.481. The van der Waals surface area contributed by atoms with Gasteiger partial charge in [0.1, 0.15) is 0 Å². The van der Waals surface area contributed by atoms with Crippen LogP contribution in [0.3, 0.4) is 0 Å². The summed E-state index contributed by atoms with van der Waals surface area (Å²) >= 11 is 6.06. The summed E-state index contributed by atoms with van der Waals surface area (Å²) in [6.45, 7) is 4.70. The van der Waals surface area contributed by atoms with Crippen LogP contribution in [0.4, 0.5) is 17.8 Å². The van der Waals surface area contributed by atoms with Crippen LogP contribution in [0.15, 0.2) is 59.8 Å². The van der Waals surface area contributed by atoms with Crippen LogP contribution in [0.1, 0.15) is 36.8 Å². The van der Waals surface area contributed by atoms with E-state index in [2.05, 4.69) is 77.5 Å². The molecule has 0 saturated carbocycles. The SMILES string of the molecule is Clc1ccc(Cn2cc(C=NNc3nc(N4CCCC4)nc(N4CCCC4)n3)c3ccccc32)cc1. The van der Waals surface area contributed by atoms with Crippen molar-refractivity contribution >= 4 is 46.6 Å². The third-order valence-electron chi connectivity index (χ3n) is 6.84. The van der Waals surface area contributed by atoms with E-state index in [1.54, 1.807) is 0 Å². The fourth-order valence-corrected chi connectivity index (χ4v) is 5.10. The van der Waals surface area contributed by atoms with E-state index in [9.17, 15) is 0 Å². The molecule has 0 bridgehead atoms. The molecule has 1 N–H and O–H groups in total. The van der Waals surface area contributed by atoms with Crippen LogP contribution >= 0.6 is 11.6 Å². The van der Waals surface area contributed by atoms with Crippen LogP contribution < -0.4 is 15.2 Å². The second-order valence-corrected chi connectivity index (χ2v) is 9.81. The summed E-state index contributed by atoms with van der Waals surface area (Å²) < 4.78 is 2.24. The number of nitrogens with one attached hydrogen (secondary N) is 1. The fraction of sp³-hybridized carbons (Fsp3) is 0.333. The molecule has 2 fully saturated rings. The minimum absolute atomic E-state index is 0.481. The van der Waals surface area contributed by atoms with Crippen LogP contribution in [0.5, 0.6) is 0 Å². The Morgan fingerprint density at radius 1 is 0.833 bits per heavy atom. The van der Waals surface area contributed by atoms with Gasteiger partial charge in [0.05, 0.1) is 6.21 Å². The van der Waals surface area contributed by atoms with Crippen molar-refractivity contribution < 1.29 is 0 Å². The molecule has 184 valence electrons. The molecule has 0 amide bonds. The van der Waals surface area contributed by atoms with Gasteiger partial charge in [-0.1, -0.05) is 41.9 Å². The number of aromatic nitrogens is 4. The van der Waals surface area contributed by atoms with Crippen molar-refractivity contribution in [1.29, 1.82) is 0 Å². The van der Waals surface area contributed by atoms with Crippen molar-refractivity contribution in [2.24, 2.45) is 5.10 Å². The molecule has 0 spiro atoms. The topological polar surface area (TPSA) is 74.5 Å². The van der Waals surface area contributed by atoms with Gasteiger partial charge in [-0.15, -0.1) is 0 Å². The van der Waals surface area contributed by atoms with Gasteiger partial charge in [-0.25, -0.2) is 5.43 Å². The number of hydrazone groups is 1. The average molecular weight is 501 g/mol. The molecule has 36 heavy (non-hydrogen) atoms. The molecule has 6 rings (SSSR count). The summed E-state index contributed by atoms with van der Waals surface area (Å²) in [5.41, 5.74) is 6.45. The summed E-state index contributed by atoms with van der Waals surface area (Å²) in [6.07, 6.45) is 8.66. The summed E-state index contributed by atoms with van der Waals surface area (Å²) in [6, 6.07) is 16.3. The third-order valence-corrected chi connectivity index (χ3v) is 7.10. The number of anilines is 3. The lowest BCUT2D eigenvalue weighted by Crippen LogP contribution is -2.25. The third kappa shape index (κ3) is 4.86. The van der Waals surface area contributed by atoms with Gasteiger partial charge in [0, 0.05) is 60.4 Å². The van der Waals surface area contributed by atoms with Crippen LogP contribution in [0.2, 0.25) is 5.02 Å². The van der Waals surface area contributed by atoms with Crippen LogP contribution in [0.25, 0.3) is 10.9 Å². The lowest BCUT2D eigenvalue weighted by molar-refractivity contribution is 0.836. The maximum atomic E-state index is 6.06. The molecular weight excluding hydrogens is 472 g/mol. The predicted octanol–water partition coefficient (Wildman–Crippen LogP) is 5.17. The van der Waals surface area contributed by atoms with Gasteiger partial charge in [-0.3, -0.25) is 0 Å². The van der Waals surface area contributed by atoms with Crippen molar-refractivity contribution in [3.63, 3.8) is 0 Å². The molecule has 2 saturated heterocycles. The standard InChI is InChI=1S/C27H29ClN8/c28-22-11-9-20(10-12-22)18-36-19-21(23-7-1-2-8-24(23)36)17-29-33-25-30-26(34-13-3-4-14-34)32-27(31-25)35-15-5-6-16-35/h1-2,7-12,17,19H,3-6,13-16,18H2,(H,30,31,32,33). The maximum Gasteiger partial charge on any atom is 0.250 e. The average Bonchev–Trinajstić information content (AvgIpc) is 3.68. The highest BCUT2D eigenvalue weighted by molar-refractivity contribution is 6.30. The second-order valence-electron chi connectivity index (χ2n) is 9.37. The summed E-state index contributed by atoms with van der Waals surface area (Å²) in [4.78, 5) is 18.6. The zero-order valence-electron chi connectivity index (χ0n) is 20.1.